The number of carbonyl (C=O) groups excluding carboxylic acids is 1. The maximum Gasteiger partial charge on any atom is 0.274 e. The van der Waals surface area contributed by atoms with Gasteiger partial charge in [0.25, 0.3) is 5.91 Å². The van der Waals surface area contributed by atoms with Gasteiger partial charge in [-0.15, -0.1) is 0 Å². The van der Waals surface area contributed by atoms with Crippen LogP contribution in [0.15, 0.2) is 48.8 Å². The number of hydrogen-bond donors (Lipinski definition) is 2. The number of aromatic nitrogens is 3. The number of nitrogens with one attached hydrogen (secondary N) is 2. The number of rotatable bonds is 6. The van der Waals surface area contributed by atoms with Crippen LogP contribution in [-0.2, 0) is 6.54 Å². The van der Waals surface area contributed by atoms with Crippen LogP contribution in [0.4, 0.5) is 11.6 Å². The molecule has 2 aromatic heterocycles. The molecular formula is C19H18ClN5O2. The third kappa shape index (κ3) is 4.92. The van der Waals surface area contributed by atoms with Gasteiger partial charge in [0.1, 0.15) is 11.4 Å². The first-order valence-electron chi connectivity index (χ1n) is 8.18. The van der Waals surface area contributed by atoms with Gasteiger partial charge in [0, 0.05) is 30.3 Å². The minimum absolute atomic E-state index is 0.253. The molecule has 0 aliphatic carbocycles. The van der Waals surface area contributed by atoms with Crippen molar-refractivity contribution < 1.29 is 9.53 Å². The van der Waals surface area contributed by atoms with Crippen LogP contribution < -0.4 is 15.4 Å². The molecule has 0 radical (unpaired) electrons. The average Bonchev–Trinajstić information content (AvgIpc) is 2.67. The van der Waals surface area contributed by atoms with Gasteiger partial charge in [0.05, 0.1) is 12.1 Å². The molecule has 0 fully saturated rings. The minimum atomic E-state index is -0.355. The predicted molar refractivity (Wildman–Crippen MR) is 104 cm³/mol. The molecule has 0 saturated heterocycles. The molecule has 0 aliphatic heterocycles. The molecule has 7 nitrogen and oxygen atoms in total. The van der Waals surface area contributed by atoms with Crippen LogP contribution in [0.5, 0.6) is 5.75 Å². The minimum Gasteiger partial charge on any atom is -0.495 e. The lowest BCUT2D eigenvalue weighted by atomic mass is 10.2. The third-order valence-electron chi connectivity index (χ3n) is 3.67. The van der Waals surface area contributed by atoms with Crippen molar-refractivity contribution in [3.05, 3.63) is 70.8 Å². The van der Waals surface area contributed by atoms with E-state index in [1.807, 2.05) is 12.1 Å². The van der Waals surface area contributed by atoms with Gasteiger partial charge >= 0.3 is 0 Å². The Kier molecular flexibility index (Phi) is 5.83. The number of halogens is 1. The Balaban J connectivity index is 1.72. The van der Waals surface area contributed by atoms with E-state index in [2.05, 4.69) is 25.6 Å². The van der Waals surface area contributed by atoms with Crippen molar-refractivity contribution in [2.45, 2.75) is 13.5 Å². The van der Waals surface area contributed by atoms with E-state index in [4.69, 9.17) is 16.3 Å². The molecule has 2 N–H and O–H groups in total. The number of methoxy groups -OCH3 is 1. The van der Waals surface area contributed by atoms with Gasteiger partial charge in [-0.1, -0.05) is 17.7 Å². The van der Waals surface area contributed by atoms with E-state index < -0.39 is 0 Å². The van der Waals surface area contributed by atoms with Crippen LogP contribution >= 0.6 is 11.6 Å². The number of ether oxygens (including phenoxy) is 1. The van der Waals surface area contributed by atoms with Gasteiger partial charge in [0.2, 0.25) is 5.95 Å². The quantitative estimate of drug-likeness (QED) is 0.674. The molecule has 1 amide bonds. The normalized spacial score (nSPS) is 10.3. The first kappa shape index (κ1) is 18.6. The summed E-state index contributed by atoms with van der Waals surface area (Å²) in [5.74, 6) is 0.553. The number of amides is 1. The van der Waals surface area contributed by atoms with E-state index in [0.717, 1.165) is 5.56 Å². The van der Waals surface area contributed by atoms with E-state index in [9.17, 15) is 4.79 Å². The fraction of sp³-hybridized carbons (Fsp3) is 0.158. The van der Waals surface area contributed by atoms with Gasteiger partial charge in [0.15, 0.2) is 0 Å². The highest BCUT2D eigenvalue weighted by atomic mass is 35.5. The zero-order valence-electron chi connectivity index (χ0n) is 14.9. The van der Waals surface area contributed by atoms with Crippen LogP contribution in [0.25, 0.3) is 0 Å². The molecule has 0 bridgehead atoms. The van der Waals surface area contributed by atoms with Gasteiger partial charge in [-0.3, -0.25) is 9.78 Å². The van der Waals surface area contributed by atoms with E-state index in [0.29, 0.717) is 34.6 Å². The molecular weight excluding hydrogens is 366 g/mol. The molecule has 0 aliphatic rings. The number of hydrogen-bond acceptors (Lipinski definition) is 6. The van der Waals surface area contributed by atoms with Crippen molar-refractivity contribution in [3.63, 3.8) is 0 Å². The number of nitrogens with zero attached hydrogens (tertiary/aromatic N) is 3. The van der Waals surface area contributed by atoms with Crippen molar-refractivity contribution >= 4 is 29.1 Å². The highest BCUT2D eigenvalue weighted by molar-refractivity contribution is 6.32. The van der Waals surface area contributed by atoms with Crippen molar-refractivity contribution in [1.29, 1.82) is 0 Å². The largest absolute Gasteiger partial charge is 0.495 e. The summed E-state index contributed by atoms with van der Waals surface area (Å²) in [5.41, 5.74) is 2.47. The van der Waals surface area contributed by atoms with Crippen molar-refractivity contribution in [3.8, 4) is 5.75 Å². The summed E-state index contributed by atoms with van der Waals surface area (Å²) in [6, 6.07) is 10.4. The standard InChI is InChI=1S/C19H18ClN5O2/c1-12-8-16(18(26)24-14-5-6-17(27-2)15(20)9-14)25-19(23-12)22-11-13-4-3-7-21-10-13/h3-10H,11H2,1-2H3,(H,24,26)(H,22,23,25). The molecule has 138 valence electrons. The van der Waals surface area contributed by atoms with Crippen molar-refractivity contribution in [2.24, 2.45) is 0 Å². The Morgan fingerprint density at radius 3 is 2.78 bits per heavy atom. The zero-order valence-corrected chi connectivity index (χ0v) is 15.6. The van der Waals surface area contributed by atoms with Crippen LogP contribution in [-0.4, -0.2) is 28.0 Å². The lowest BCUT2D eigenvalue weighted by Gasteiger charge is -2.10. The first-order valence-corrected chi connectivity index (χ1v) is 8.56. The maximum atomic E-state index is 12.5. The average molecular weight is 384 g/mol. The van der Waals surface area contributed by atoms with Crippen LogP contribution in [0, 0.1) is 6.92 Å². The van der Waals surface area contributed by atoms with Gasteiger partial charge < -0.3 is 15.4 Å². The molecule has 2 heterocycles. The van der Waals surface area contributed by atoms with Crippen LogP contribution in [0.1, 0.15) is 21.7 Å². The van der Waals surface area contributed by atoms with Crippen LogP contribution in [0.3, 0.4) is 0 Å². The van der Waals surface area contributed by atoms with Crippen molar-refractivity contribution in [2.75, 3.05) is 17.7 Å². The number of anilines is 2. The summed E-state index contributed by atoms with van der Waals surface area (Å²) in [7, 11) is 1.53. The lowest BCUT2D eigenvalue weighted by molar-refractivity contribution is 0.102. The SMILES string of the molecule is COc1ccc(NC(=O)c2cc(C)nc(NCc3cccnc3)n2)cc1Cl. The molecule has 8 heteroatoms. The first-order chi connectivity index (χ1) is 13.0. The fourth-order valence-corrected chi connectivity index (χ4v) is 2.64. The molecule has 27 heavy (non-hydrogen) atoms. The molecule has 0 spiro atoms. The van der Waals surface area contributed by atoms with E-state index in [1.165, 1.54) is 7.11 Å². The second-order valence-electron chi connectivity index (χ2n) is 5.74. The fourth-order valence-electron chi connectivity index (χ4n) is 2.39. The Morgan fingerprint density at radius 2 is 2.07 bits per heavy atom. The molecule has 3 aromatic rings. The molecule has 3 rings (SSSR count). The number of aryl methyl sites for hydroxylation is 1. The van der Waals surface area contributed by atoms with E-state index in [1.54, 1.807) is 43.6 Å². The second-order valence-corrected chi connectivity index (χ2v) is 6.14. The highest BCUT2D eigenvalue weighted by Crippen LogP contribution is 2.27. The smallest absolute Gasteiger partial charge is 0.274 e. The second kappa shape index (κ2) is 8.46. The van der Waals surface area contributed by atoms with Crippen LogP contribution in [0.2, 0.25) is 5.02 Å². The third-order valence-corrected chi connectivity index (χ3v) is 3.97. The Morgan fingerprint density at radius 1 is 1.22 bits per heavy atom. The molecule has 0 saturated carbocycles. The summed E-state index contributed by atoms with van der Waals surface area (Å²) >= 11 is 6.09. The van der Waals surface area contributed by atoms with Gasteiger partial charge in [-0.25, -0.2) is 9.97 Å². The Hall–Kier alpha value is -3.19. The van der Waals surface area contributed by atoms with E-state index in [-0.39, 0.29) is 11.6 Å². The summed E-state index contributed by atoms with van der Waals surface area (Å²) in [4.78, 5) is 25.2. The van der Waals surface area contributed by atoms with Gasteiger partial charge in [-0.05, 0) is 42.8 Å². The topological polar surface area (TPSA) is 89.0 Å². The highest BCUT2D eigenvalue weighted by Gasteiger charge is 2.12. The predicted octanol–water partition coefficient (Wildman–Crippen LogP) is 3.71. The maximum absolute atomic E-state index is 12.5. The molecule has 0 atom stereocenters. The van der Waals surface area contributed by atoms with Crippen molar-refractivity contribution in [1.82, 2.24) is 15.0 Å². The van der Waals surface area contributed by atoms with E-state index >= 15 is 0 Å². The Bertz CT molecular complexity index is 950. The molecule has 0 unspecified atom stereocenters. The Labute approximate surface area is 161 Å². The monoisotopic (exact) mass is 383 g/mol. The number of benzene rings is 1. The zero-order chi connectivity index (χ0) is 19.2. The summed E-state index contributed by atoms with van der Waals surface area (Å²) in [6.45, 7) is 2.31. The number of carbonyl (C=O) groups is 1. The molecule has 1 aromatic carbocycles. The number of pyridine rings is 1. The lowest BCUT2D eigenvalue weighted by Crippen LogP contribution is -2.16. The summed E-state index contributed by atoms with van der Waals surface area (Å²) in [6.07, 6.45) is 3.46. The summed E-state index contributed by atoms with van der Waals surface area (Å²) < 4.78 is 5.11. The van der Waals surface area contributed by atoms with Gasteiger partial charge in [-0.2, -0.15) is 0 Å². The summed E-state index contributed by atoms with van der Waals surface area (Å²) in [5, 5.41) is 6.29.